The van der Waals surface area contributed by atoms with Crippen molar-refractivity contribution in [2.24, 2.45) is 0 Å². The van der Waals surface area contributed by atoms with Crippen LogP contribution < -0.4 is 4.74 Å². The molecule has 0 aromatic heterocycles. The monoisotopic (exact) mass is 642 g/mol. The molecule has 0 aliphatic carbocycles. The lowest BCUT2D eigenvalue weighted by atomic mass is 9.66. The minimum Gasteiger partial charge on any atom is -0.428 e. The van der Waals surface area contributed by atoms with Crippen molar-refractivity contribution in [3.8, 4) is 5.75 Å². The molecule has 0 fully saturated rings. The van der Waals surface area contributed by atoms with Gasteiger partial charge in [0.2, 0.25) is 0 Å². The summed E-state index contributed by atoms with van der Waals surface area (Å²) >= 11 is 0. The van der Waals surface area contributed by atoms with Crippen molar-refractivity contribution in [3.05, 3.63) is 136 Å². The van der Waals surface area contributed by atoms with Crippen LogP contribution >= 0.6 is 0 Å². The zero-order valence-electron chi connectivity index (χ0n) is 22.7. The van der Waals surface area contributed by atoms with Crippen molar-refractivity contribution in [2.45, 2.75) is 37.0 Å². The van der Waals surface area contributed by atoms with Crippen LogP contribution in [0.3, 0.4) is 0 Å². The Labute approximate surface area is 249 Å². The molecule has 4 aromatic rings. The van der Waals surface area contributed by atoms with Crippen molar-refractivity contribution in [3.63, 3.8) is 0 Å². The number of hydrogen-bond acceptors (Lipinski definition) is 3. The summed E-state index contributed by atoms with van der Waals surface area (Å²) in [5.41, 5.74) is -4.57. The van der Waals surface area contributed by atoms with E-state index in [1.165, 1.54) is 0 Å². The Morgan fingerprint density at radius 3 is 1.93 bits per heavy atom. The smallest absolute Gasteiger partial charge is 0.428 e. The molecule has 13 heteroatoms. The first-order valence-electron chi connectivity index (χ1n) is 12.9. The summed E-state index contributed by atoms with van der Waals surface area (Å²) in [7, 11) is 0. The highest BCUT2D eigenvalue weighted by atomic mass is 19.4. The molecule has 0 heterocycles. The van der Waals surface area contributed by atoms with Gasteiger partial charge in [-0.15, -0.1) is 0 Å². The van der Waals surface area contributed by atoms with Crippen LogP contribution in [0.1, 0.15) is 49.4 Å². The normalized spacial score (nSPS) is 13.4. The van der Waals surface area contributed by atoms with Gasteiger partial charge >= 0.3 is 24.7 Å². The van der Waals surface area contributed by atoms with Gasteiger partial charge in [-0.3, -0.25) is 9.59 Å². The van der Waals surface area contributed by atoms with Gasteiger partial charge in [0.15, 0.2) is 5.78 Å². The third-order valence-corrected chi connectivity index (χ3v) is 7.00. The Morgan fingerprint density at radius 2 is 1.36 bits per heavy atom. The van der Waals surface area contributed by atoms with Crippen LogP contribution in [0.2, 0.25) is 0 Å². The van der Waals surface area contributed by atoms with Gasteiger partial charge in [-0.25, -0.2) is 8.78 Å². The molecule has 3 nitrogen and oxygen atoms in total. The molecule has 45 heavy (non-hydrogen) atoms. The number of halogens is 10. The van der Waals surface area contributed by atoms with E-state index >= 15 is 0 Å². The van der Waals surface area contributed by atoms with E-state index in [4.69, 9.17) is 0 Å². The van der Waals surface area contributed by atoms with E-state index in [9.17, 15) is 53.5 Å². The molecule has 4 rings (SSSR count). The Morgan fingerprint density at radius 1 is 0.733 bits per heavy atom. The first-order chi connectivity index (χ1) is 21.0. The van der Waals surface area contributed by atoms with Crippen molar-refractivity contribution in [1.29, 1.82) is 0 Å². The second kappa shape index (κ2) is 12.7. The number of ether oxygens (including phenoxy) is 1. The molecule has 0 amide bonds. The van der Waals surface area contributed by atoms with Crippen LogP contribution in [-0.4, -0.2) is 24.4 Å². The number of Topliss-reactive ketones (excluding diaryl/α,β-unsaturated/α-hetero) is 1. The molecule has 1 atom stereocenters. The van der Waals surface area contributed by atoms with Gasteiger partial charge in [0, 0.05) is 23.5 Å². The zero-order chi connectivity index (χ0) is 33.2. The Kier molecular flexibility index (Phi) is 9.40. The first kappa shape index (κ1) is 33.2. The summed E-state index contributed by atoms with van der Waals surface area (Å²) in [4.78, 5) is 25.0. The average Bonchev–Trinajstić information content (AvgIpc) is 2.96. The molecule has 0 unspecified atom stereocenters. The molecule has 4 aromatic carbocycles. The van der Waals surface area contributed by atoms with Crippen LogP contribution in [0.5, 0.6) is 5.75 Å². The fourth-order valence-corrected chi connectivity index (χ4v) is 4.89. The van der Waals surface area contributed by atoms with Gasteiger partial charge < -0.3 is 4.74 Å². The minimum atomic E-state index is -5.18. The Balaban J connectivity index is 1.98. The topological polar surface area (TPSA) is 43.4 Å². The lowest BCUT2D eigenvalue weighted by Crippen LogP contribution is -2.35. The summed E-state index contributed by atoms with van der Waals surface area (Å²) in [6, 6.07) is 13.8. The highest BCUT2D eigenvalue weighted by Crippen LogP contribution is 2.43. The molecule has 0 saturated heterocycles. The lowest BCUT2D eigenvalue weighted by Gasteiger charge is -2.36. The zero-order valence-corrected chi connectivity index (χ0v) is 22.7. The van der Waals surface area contributed by atoms with Crippen molar-refractivity contribution < 1.29 is 58.2 Å². The molecule has 236 valence electrons. The van der Waals surface area contributed by atoms with Gasteiger partial charge in [-0.1, -0.05) is 42.5 Å². The molecule has 0 bridgehead atoms. The molecule has 0 saturated carbocycles. The van der Waals surface area contributed by atoms with E-state index in [2.05, 4.69) is 4.74 Å². The summed E-state index contributed by atoms with van der Waals surface area (Å²) in [5.74, 6) is -5.05. The van der Waals surface area contributed by atoms with E-state index in [1.54, 1.807) is 30.3 Å². The molecule has 0 radical (unpaired) electrons. The molecule has 0 spiro atoms. The van der Waals surface area contributed by atoms with E-state index in [-0.39, 0.29) is 23.6 Å². The van der Waals surface area contributed by atoms with Gasteiger partial charge in [-0.05, 0) is 65.6 Å². The van der Waals surface area contributed by atoms with Gasteiger partial charge in [0.1, 0.15) is 17.4 Å². The van der Waals surface area contributed by atoms with Gasteiger partial charge in [-0.2, -0.15) is 35.1 Å². The molecule has 0 aliphatic heterocycles. The first-order valence-corrected chi connectivity index (χ1v) is 12.9. The van der Waals surface area contributed by atoms with Crippen LogP contribution in [0.25, 0.3) is 0 Å². The van der Waals surface area contributed by atoms with E-state index in [0.717, 1.165) is 42.5 Å². The fourth-order valence-electron chi connectivity index (χ4n) is 4.89. The van der Waals surface area contributed by atoms with Crippen LogP contribution in [0.4, 0.5) is 43.9 Å². The number of carbonyl (C=O) groups excluding carboxylic acids is 2. The summed E-state index contributed by atoms with van der Waals surface area (Å²) in [6.45, 7) is 0. The van der Waals surface area contributed by atoms with E-state index < -0.39 is 76.4 Å². The largest absolute Gasteiger partial charge is 0.461 e. The molecular weight excluding hydrogens is 622 g/mol. The van der Waals surface area contributed by atoms with E-state index in [0.29, 0.717) is 17.7 Å². The summed E-state index contributed by atoms with van der Waals surface area (Å²) in [5, 5.41) is 0. The average molecular weight is 642 g/mol. The number of ketones is 1. The Bertz CT molecular complexity index is 1690. The van der Waals surface area contributed by atoms with Crippen LogP contribution in [0, 0.1) is 11.6 Å². The van der Waals surface area contributed by atoms with Crippen molar-refractivity contribution >= 4 is 11.8 Å². The van der Waals surface area contributed by atoms with Crippen LogP contribution in [0.15, 0.2) is 91.0 Å². The van der Waals surface area contributed by atoms with Gasteiger partial charge in [0.25, 0.3) is 0 Å². The Hall–Kier alpha value is -4.68. The quantitative estimate of drug-likeness (QED) is 0.0932. The number of rotatable bonds is 11. The number of carbonyl (C=O) groups is 2. The number of hydrogen-bond donors (Lipinski definition) is 0. The standard InChI is InChI=1S/C32H20F10O3/c33-23-13-22(14-24(15-23)45-32(41,42)29(36)37)30(16-18-4-2-1-3-5-18,21-9-6-19(7-10-21)28(35)44)17-27(43)20-8-11-26(34)25(12-20)31(38,39)40/h1-15,29H,16-17H2/t30-/m1/s1. The summed E-state index contributed by atoms with van der Waals surface area (Å²) in [6.07, 6.45) is -15.7. The molecular formula is C32H20F10O3. The maximum absolute atomic E-state index is 15.0. The number of benzene rings is 4. The second-order valence-corrected chi connectivity index (χ2v) is 10.0. The van der Waals surface area contributed by atoms with Crippen molar-refractivity contribution in [1.82, 2.24) is 0 Å². The highest BCUT2D eigenvalue weighted by molar-refractivity contribution is 5.97. The van der Waals surface area contributed by atoms with E-state index in [1.807, 2.05) is 0 Å². The maximum Gasteiger partial charge on any atom is 0.461 e. The summed E-state index contributed by atoms with van der Waals surface area (Å²) < 4.78 is 140. The second-order valence-electron chi connectivity index (χ2n) is 10.0. The minimum absolute atomic E-state index is 0.0278. The maximum atomic E-state index is 15.0. The highest BCUT2D eigenvalue weighted by Gasteiger charge is 2.45. The lowest BCUT2D eigenvalue weighted by molar-refractivity contribution is -0.253. The van der Waals surface area contributed by atoms with Crippen LogP contribution in [-0.2, 0) is 18.0 Å². The molecule has 0 N–H and O–H groups in total. The van der Waals surface area contributed by atoms with Crippen molar-refractivity contribution in [2.75, 3.05) is 0 Å². The predicted octanol–water partition coefficient (Wildman–Crippen LogP) is 9.13. The predicted molar refractivity (Wildman–Crippen MR) is 141 cm³/mol. The SMILES string of the molecule is O=C(F)c1ccc([C@](CC(=O)c2ccc(F)c(C(F)(F)F)c2)(Cc2ccccc2)c2cc(F)cc(OC(F)(F)C(F)F)c2)cc1. The third kappa shape index (κ3) is 7.52. The fraction of sp³-hybridized carbons (Fsp3) is 0.188. The molecule has 0 aliphatic rings. The number of alkyl halides is 7. The van der Waals surface area contributed by atoms with Gasteiger partial charge in [0.05, 0.1) is 11.1 Å². The third-order valence-electron chi connectivity index (χ3n) is 7.00.